The van der Waals surface area contributed by atoms with E-state index >= 15 is 0 Å². The first-order valence-electron chi connectivity index (χ1n) is 10.6. The number of carbonyl (C=O) groups is 1. The van der Waals surface area contributed by atoms with Crippen molar-refractivity contribution in [3.8, 4) is 0 Å². The quantitative estimate of drug-likeness (QED) is 0.890. The molecule has 4 bridgehead atoms. The number of rotatable bonds is 3. The molecular weight excluding hydrogens is 352 g/mol. The molecule has 2 aliphatic heterocycles. The maximum atomic E-state index is 13.0. The van der Waals surface area contributed by atoms with Crippen LogP contribution in [-0.4, -0.2) is 39.3 Å². The van der Waals surface area contributed by atoms with Crippen LogP contribution in [0, 0.1) is 17.8 Å². The van der Waals surface area contributed by atoms with Crippen LogP contribution in [0.2, 0.25) is 0 Å². The number of aromatic nitrogens is 2. The molecule has 6 rings (SSSR count). The zero-order valence-corrected chi connectivity index (χ0v) is 16.4. The zero-order chi connectivity index (χ0) is 19.3. The lowest BCUT2D eigenvalue weighted by Crippen LogP contribution is -2.50. The Morgan fingerprint density at radius 1 is 1.14 bits per heavy atom. The highest BCUT2D eigenvalue weighted by Crippen LogP contribution is 2.47. The highest BCUT2D eigenvalue weighted by Gasteiger charge is 2.44. The van der Waals surface area contributed by atoms with Gasteiger partial charge in [-0.2, -0.15) is 5.10 Å². The SMILES string of the molecule is CC(Cn1ncc2ccccc2c1=O)NC(=O)N1CC2CC3CC(C2)CC1C3. The standard InChI is InChI=1S/C22H28N4O2/c1-14(12-26-21(27)20-5-3-2-4-18(20)11-23-26)24-22(28)25-13-17-7-15-6-16(8-17)10-19(25)9-15/h2-5,11,14-17,19H,6-10,12-13H2,1H3,(H,24,28). The Morgan fingerprint density at radius 3 is 2.64 bits per heavy atom. The first kappa shape index (κ1) is 17.7. The molecule has 3 atom stereocenters. The average Bonchev–Trinajstić information content (AvgIpc) is 2.87. The first-order valence-corrected chi connectivity index (χ1v) is 10.6. The van der Waals surface area contributed by atoms with Gasteiger partial charge in [-0.3, -0.25) is 4.79 Å². The maximum absolute atomic E-state index is 13.0. The highest BCUT2D eigenvalue weighted by atomic mass is 16.2. The van der Waals surface area contributed by atoms with Crippen LogP contribution in [0.4, 0.5) is 4.79 Å². The summed E-state index contributed by atoms with van der Waals surface area (Å²) in [5.41, 5.74) is -0.107. The van der Waals surface area contributed by atoms with E-state index in [4.69, 9.17) is 0 Å². The minimum atomic E-state index is -0.156. The Labute approximate surface area is 164 Å². The number of carbonyl (C=O) groups excluding carboxylic acids is 1. The summed E-state index contributed by atoms with van der Waals surface area (Å²) in [5.74, 6) is 2.30. The summed E-state index contributed by atoms with van der Waals surface area (Å²) >= 11 is 0. The highest BCUT2D eigenvalue weighted by molar-refractivity contribution is 5.80. The monoisotopic (exact) mass is 380 g/mol. The van der Waals surface area contributed by atoms with Gasteiger partial charge in [0.2, 0.25) is 0 Å². The minimum absolute atomic E-state index is 0.0274. The van der Waals surface area contributed by atoms with Crippen LogP contribution in [0.3, 0.4) is 0 Å². The van der Waals surface area contributed by atoms with Crippen molar-refractivity contribution in [3.63, 3.8) is 0 Å². The summed E-state index contributed by atoms with van der Waals surface area (Å²) in [6.07, 6.45) is 8.01. The largest absolute Gasteiger partial charge is 0.334 e. The van der Waals surface area contributed by atoms with Gasteiger partial charge in [-0.15, -0.1) is 0 Å². The van der Waals surface area contributed by atoms with Gasteiger partial charge in [-0.05, 0) is 62.8 Å². The molecule has 2 saturated heterocycles. The van der Waals surface area contributed by atoms with Crippen molar-refractivity contribution in [2.45, 2.75) is 57.7 Å². The minimum Gasteiger partial charge on any atom is -0.334 e. The normalized spacial score (nSPS) is 29.7. The molecule has 1 aromatic carbocycles. The van der Waals surface area contributed by atoms with E-state index in [2.05, 4.69) is 15.3 Å². The average molecular weight is 380 g/mol. The topological polar surface area (TPSA) is 67.2 Å². The van der Waals surface area contributed by atoms with Gasteiger partial charge < -0.3 is 10.2 Å². The van der Waals surface area contributed by atoms with Crippen molar-refractivity contribution >= 4 is 16.8 Å². The molecule has 148 valence electrons. The van der Waals surface area contributed by atoms with Gasteiger partial charge in [-0.1, -0.05) is 18.2 Å². The summed E-state index contributed by atoms with van der Waals surface area (Å²) in [6, 6.07) is 7.74. The Kier molecular flexibility index (Phi) is 4.37. The van der Waals surface area contributed by atoms with Gasteiger partial charge in [0.05, 0.1) is 18.1 Å². The van der Waals surface area contributed by atoms with Gasteiger partial charge >= 0.3 is 6.03 Å². The van der Waals surface area contributed by atoms with Crippen LogP contribution in [0.15, 0.2) is 35.3 Å². The molecule has 2 amide bonds. The van der Waals surface area contributed by atoms with E-state index in [1.54, 1.807) is 6.20 Å². The second-order valence-electron chi connectivity index (χ2n) is 9.15. The Hall–Kier alpha value is -2.37. The number of hydrogen-bond acceptors (Lipinski definition) is 3. The third-order valence-corrected chi connectivity index (χ3v) is 6.95. The van der Waals surface area contributed by atoms with Crippen LogP contribution in [0.25, 0.3) is 10.8 Å². The Bertz CT molecular complexity index is 941. The number of nitrogens with zero attached hydrogens (tertiary/aromatic N) is 3. The van der Waals surface area contributed by atoms with Gasteiger partial charge in [0.1, 0.15) is 0 Å². The summed E-state index contributed by atoms with van der Waals surface area (Å²) in [4.78, 5) is 27.8. The first-order chi connectivity index (χ1) is 13.6. The molecule has 28 heavy (non-hydrogen) atoms. The van der Waals surface area contributed by atoms with Crippen molar-refractivity contribution in [2.24, 2.45) is 17.8 Å². The van der Waals surface area contributed by atoms with Gasteiger partial charge in [0.25, 0.3) is 5.56 Å². The number of urea groups is 1. The second kappa shape index (κ2) is 6.90. The van der Waals surface area contributed by atoms with E-state index in [1.807, 2.05) is 31.2 Å². The smallest absolute Gasteiger partial charge is 0.317 e. The number of amides is 2. The van der Waals surface area contributed by atoms with Crippen molar-refractivity contribution < 1.29 is 4.79 Å². The summed E-state index contributed by atoms with van der Waals surface area (Å²) in [7, 11) is 0. The molecule has 1 aromatic heterocycles. The Morgan fingerprint density at radius 2 is 1.86 bits per heavy atom. The lowest BCUT2D eigenvalue weighted by molar-refractivity contribution is 0.130. The van der Waals surface area contributed by atoms with Crippen LogP contribution in [-0.2, 0) is 6.54 Å². The third-order valence-electron chi connectivity index (χ3n) is 6.95. The molecule has 0 radical (unpaired) electrons. The lowest BCUT2D eigenvalue weighted by atomic mass is 9.68. The molecule has 2 saturated carbocycles. The van der Waals surface area contributed by atoms with Crippen molar-refractivity contribution in [1.29, 1.82) is 0 Å². The van der Waals surface area contributed by atoms with Crippen LogP contribution in [0.5, 0.6) is 0 Å². The molecule has 6 nitrogen and oxygen atoms in total. The predicted molar refractivity (Wildman–Crippen MR) is 108 cm³/mol. The molecule has 4 aliphatic rings. The molecular formula is C22H28N4O2. The van der Waals surface area contributed by atoms with Gasteiger partial charge in [0, 0.05) is 24.0 Å². The molecule has 2 aromatic rings. The number of hydrogen-bond donors (Lipinski definition) is 1. The lowest BCUT2D eigenvalue weighted by Gasteiger charge is -2.39. The summed E-state index contributed by atoms with van der Waals surface area (Å²) in [5, 5.41) is 8.93. The van der Waals surface area contributed by atoms with Crippen molar-refractivity contribution in [1.82, 2.24) is 20.0 Å². The van der Waals surface area contributed by atoms with Crippen molar-refractivity contribution in [2.75, 3.05) is 6.54 Å². The van der Waals surface area contributed by atoms with Crippen LogP contribution in [0.1, 0.15) is 39.0 Å². The van der Waals surface area contributed by atoms with E-state index in [0.717, 1.165) is 23.8 Å². The molecule has 3 heterocycles. The molecule has 0 spiro atoms. The van der Waals surface area contributed by atoms with E-state index in [1.165, 1.54) is 36.8 Å². The maximum Gasteiger partial charge on any atom is 0.317 e. The fraction of sp³-hybridized carbons (Fsp3) is 0.591. The molecule has 3 unspecified atom stereocenters. The third kappa shape index (κ3) is 3.19. The van der Waals surface area contributed by atoms with Gasteiger partial charge in [0.15, 0.2) is 0 Å². The number of benzene rings is 1. The summed E-state index contributed by atoms with van der Waals surface area (Å²) < 4.78 is 1.46. The zero-order valence-electron chi connectivity index (χ0n) is 16.4. The molecule has 4 fully saturated rings. The predicted octanol–water partition coefficient (Wildman–Crippen LogP) is 3.01. The van der Waals surface area contributed by atoms with E-state index in [0.29, 0.717) is 23.9 Å². The van der Waals surface area contributed by atoms with Gasteiger partial charge in [-0.25, -0.2) is 9.48 Å². The fourth-order valence-electron chi connectivity index (χ4n) is 5.89. The second-order valence-corrected chi connectivity index (χ2v) is 9.15. The van der Waals surface area contributed by atoms with E-state index in [-0.39, 0.29) is 17.6 Å². The fourth-order valence-corrected chi connectivity index (χ4v) is 5.89. The van der Waals surface area contributed by atoms with E-state index in [9.17, 15) is 9.59 Å². The van der Waals surface area contributed by atoms with Crippen LogP contribution < -0.4 is 10.9 Å². The van der Waals surface area contributed by atoms with E-state index < -0.39 is 0 Å². The van der Waals surface area contributed by atoms with Crippen molar-refractivity contribution in [3.05, 3.63) is 40.8 Å². The van der Waals surface area contributed by atoms with Crippen LogP contribution >= 0.6 is 0 Å². The molecule has 2 aliphatic carbocycles. The molecule has 6 heteroatoms. The summed E-state index contributed by atoms with van der Waals surface area (Å²) in [6.45, 7) is 3.22. The molecule has 1 N–H and O–H groups in total. The number of fused-ring (bicyclic) bond motifs is 2. The Balaban J connectivity index is 1.28. The number of nitrogens with one attached hydrogen (secondary N) is 1.